The van der Waals surface area contributed by atoms with Crippen molar-refractivity contribution in [3.05, 3.63) is 50.9 Å². The Bertz CT molecular complexity index is 762. The van der Waals surface area contributed by atoms with Gasteiger partial charge in [-0.15, -0.1) is 16.4 Å². The smallest absolute Gasteiger partial charge is 0.284 e. The van der Waals surface area contributed by atoms with E-state index in [4.69, 9.17) is 28.2 Å². The van der Waals surface area contributed by atoms with E-state index in [1.165, 1.54) is 11.3 Å². The fraction of sp³-hybridized carbons (Fsp3) is 0.0833. The van der Waals surface area contributed by atoms with Crippen molar-refractivity contribution in [2.75, 3.05) is 0 Å². The number of aromatic amines is 1. The van der Waals surface area contributed by atoms with Crippen LogP contribution in [-0.2, 0) is 6.42 Å². The Morgan fingerprint density at radius 3 is 3.05 bits per heavy atom. The normalized spacial score (nSPS) is 10.8. The number of hydrogen-bond donors (Lipinski definition) is 1. The van der Waals surface area contributed by atoms with Gasteiger partial charge in [0.2, 0.25) is 0 Å². The van der Waals surface area contributed by atoms with Gasteiger partial charge in [0.1, 0.15) is 4.88 Å². The van der Waals surface area contributed by atoms with Crippen molar-refractivity contribution in [2.24, 2.45) is 0 Å². The van der Waals surface area contributed by atoms with E-state index in [0.717, 1.165) is 26.9 Å². The number of hydrogen-bond acceptors (Lipinski definition) is 5. The summed E-state index contributed by atoms with van der Waals surface area (Å²) in [5.74, 6) is 0.472. The number of aromatic nitrogens is 3. The van der Waals surface area contributed by atoms with Crippen LogP contribution in [0.1, 0.15) is 10.6 Å². The third kappa shape index (κ3) is 2.91. The summed E-state index contributed by atoms with van der Waals surface area (Å²) in [6.45, 7) is 0. The maximum atomic E-state index is 5.96. The molecule has 0 amide bonds. The van der Waals surface area contributed by atoms with Crippen molar-refractivity contribution in [1.29, 1.82) is 0 Å². The van der Waals surface area contributed by atoms with Gasteiger partial charge in [-0.1, -0.05) is 23.7 Å². The first kappa shape index (κ1) is 12.5. The van der Waals surface area contributed by atoms with E-state index in [-0.39, 0.29) is 4.84 Å². The Kier molecular flexibility index (Phi) is 3.46. The van der Waals surface area contributed by atoms with E-state index in [0.29, 0.717) is 5.89 Å². The molecule has 3 aromatic rings. The van der Waals surface area contributed by atoms with Gasteiger partial charge in [-0.2, -0.15) is 0 Å². The highest BCUT2D eigenvalue weighted by atomic mass is 35.5. The number of H-pyrrole nitrogens is 1. The van der Waals surface area contributed by atoms with E-state index in [1.807, 2.05) is 24.3 Å². The summed E-state index contributed by atoms with van der Waals surface area (Å²) in [4.78, 5) is 5.47. The lowest BCUT2D eigenvalue weighted by Crippen LogP contribution is -1.85. The SMILES string of the molecule is S=c1[nH]nc(-c2cnc(Cc3cccc(Cl)c3)s2)o1. The van der Waals surface area contributed by atoms with Crippen LogP contribution in [0.15, 0.2) is 34.9 Å². The van der Waals surface area contributed by atoms with Gasteiger partial charge in [0.05, 0.1) is 11.2 Å². The molecule has 0 saturated carbocycles. The number of nitrogens with one attached hydrogen (secondary N) is 1. The summed E-state index contributed by atoms with van der Waals surface area (Å²) >= 11 is 12.3. The van der Waals surface area contributed by atoms with Crippen LogP contribution in [0.3, 0.4) is 0 Å². The van der Waals surface area contributed by atoms with Crippen molar-refractivity contribution in [3.8, 4) is 10.8 Å². The van der Waals surface area contributed by atoms with Crippen LogP contribution < -0.4 is 0 Å². The second-order valence-corrected chi connectivity index (χ2v) is 5.77. The first-order valence-corrected chi connectivity index (χ1v) is 7.06. The van der Waals surface area contributed by atoms with Gasteiger partial charge in [-0.3, -0.25) is 0 Å². The monoisotopic (exact) mass is 309 g/mol. The highest BCUT2D eigenvalue weighted by molar-refractivity contribution is 7.71. The predicted molar refractivity (Wildman–Crippen MR) is 77.1 cm³/mol. The number of nitrogens with zero attached hydrogens (tertiary/aromatic N) is 2. The van der Waals surface area contributed by atoms with Crippen molar-refractivity contribution in [3.63, 3.8) is 0 Å². The molecule has 0 unspecified atom stereocenters. The zero-order valence-corrected chi connectivity index (χ0v) is 12.0. The van der Waals surface area contributed by atoms with Crippen LogP contribution in [0, 0.1) is 4.84 Å². The van der Waals surface area contributed by atoms with E-state index >= 15 is 0 Å². The van der Waals surface area contributed by atoms with Crippen molar-refractivity contribution in [1.82, 2.24) is 15.2 Å². The third-order valence-corrected chi connectivity index (χ3v) is 3.84. The van der Waals surface area contributed by atoms with Crippen molar-refractivity contribution < 1.29 is 4.42 Å². The minimum atomic E-state index is 0.264. The second kappa shape index (κ2) is 5.24. The summed E-state index contributed by atoms with van der Waals surface area (Å²) in [6.07, 6.45) is 2.47. The van der Waals surface area contributed by atoms with Gasteiger partial charge in [0.25, 0.3) is 10.7 Å². The van der Waals surface area contributed by atoms with Gasteiger partial charge in [0, 0.05) is 11.4 Å². The van der Waals surface area contributed by atoms with Crippen LogP contribution in [0.2, 0.25) is 5.02 Å². The average Bonchev–Trinajstić information content (AvgIpc) is 2.98. The second-order valence-electron chi connectivity index (χ2n) is 3.84. The molecule has 7 heteroatoms. The summed E-state index contributed by atoms with van der Waals surface area (Å²) in [5.41, 5.74) is 1.12. The molecule has 2 aromatic heterocycles. The van der Waals surface area contributed by atoms with Gasteiger partial charge in [-0.25, -0.2) is 10.1 Å². The average molecular weight is 310 g/mol. The molecular formula is C12H8ClN3OS2. The lowest BCUT2D eigenvalue weighted by molar-refractivity contribution is 0.553. The van der Waals surface area contributed by atoms with Gasteiger partial charge >= 0.3 is 0 Å². The molecule has 4 nitrogen and oxygen atoms in total. The Hall–Kier alpha value is -1.50. The number of halogens is 1. The lowest BCUT2D eigenvalue weighted by Gasteiger charge is -1.97. The van der Waals surface area contributed by atoms with E-state index in [1.54, 1.807) is 6.20 Å². The number of thiazole rings is 1. The fourth-order valence-electron chi connectivity index (χ4n) is 1.65. The molecule has 2 heterocycles. The molecule has 0 aliphatic heterocycles. The van der Waals surface area contributed by atoms with Crippen molar-refractivity contribution in [2.45, 2.75) is 6.42 Å². The topological polar surface area (TPSA) is 54.7 Å². The molecular weight excluding hydrogens is 302 g/mol. The summed E-state index contributed by atoms with van der Waals surface area (Å²) in [6, 6.07) is 7.74. The van der Waals surface area contributed by atoms with Crippen LogP contribution in [-0.4, -0.2) is 15.2 Å². The Labute approximate surface area is 123 Å². The van der Waals surface area contributed by atoms with Crippen LogP contribution in [0.25, 0.3) is 10.8 Å². The number of rotatable bonds is 3. The molecule has 0 fully saturated rings. The van der Waals surface area contributed by atoms with Crippen LogP contribution in [0.5, 0.6) is 0 Å². The van der Waals surface area contributed by atoms with Crippen molar-refractivity contribution >= 4 is 35.2 Å². The standard InChI is InChI=1S/C12H8ClN3OS2/c13-8-3-1-2-7(4-8)5-10-14-6-9(19-10)11-15-16-12(18)17-11/h1-4,6H,5H2,(H,16,18). The Balaban J connectivity index is 1.84. The molecule has 1 aromatic carbocycles. The quantitative estimate of drug-likeness (QED) is 0.740. The Morgan fingerprint density at radius 1 is 1.42 bits per heavy atom. The zero-order chi connectivity index (χ0) is 13.2. The minimum absolute atomic E-state index is 0.264. The molecule has 3 rings (SSSR count). The van der Waals surface area contributed by atoms with E-state index in [9.17, 15) is 0 Å². The first-order chi connectivity index (χ1) is 9.20. The molecule has 0 spiro atoms. The predicted octanol–water partition coefficient (Wildman–Crippen LogP) is 4.10. The lowest BCUT2D eigenvalue weighted by atomic mass is 10.2. The summed E-state index contributed by atoms with van der Waals surface area (Å²) < 4.78 is 5.25. The van der Waals surface area contributed by atoms with Gasteiger partial charge in [0.15, 0.2) is 0 Å². The van der Waals surface area contributed by atoms with E-state index in [2.05, 4.69) is 15.2 Å². The van der Waals surface area contributed by atoms with Gasteiger partial charge < -0.3 is 4.42 Å². The zero-order valence-electron chi connectivity index (χ0n) is 9.59. The molecule has 0 aliphatic rings. The first-order valence-electron chi connectivity index (χ1n) is 5.46. The molecule has 19 heavy (non-hydrogen) atoms. The molecule has 0 bridgehead atoms. The molecule has 0 saturated heterocycles. The Morgan fingerprint density at radius 2 is 2.32 bits per heavy atom. The largest absolute Gasteiger partial charge is 0.408 e. The van der Waals surface area contributed by atoms with E-state index < -0.39 is 0 Å². The highest BCUT2D eigenvalue weighted by Gasteiger charge is 2.09. The maximum Gasteiger partial charge on any atom is 0.284 e. The molecule has 0 aliphatic carbocycles. The maximum absolute atomic E-state index is 5.96. The summed E-state index contributed by atoms with van der Waals surface area (Å²) in [5, 5.41) is 8.27. The third-order valence-electron chi connectivity index (χ3n) is 2.45. The molecule has 0 radical (unpaired) electrons. The summed E-state index contributed by atoms with van der Waals surface area (Å²) in [7, 11) is 0. The molecule has 0 atom stereocenters. The highest BCUT2D eigenvalue weighted by Crippen LogP contribution is 2.26. The fourth-order valence-corrected chi connectivity index (χ4v) is 2.86. The van der Waals surface area contributed by atoms with Gasteiger partial charge in [-0.05, 0) is 29.9 Å². The van der Waals surface area contributed by atoms with Crippen LogP contribution >= 0.6 is 35.2 Å². The minimum Gasteiger partial charge on any atom is -0.408 e. The molecule has 96 valence electrons. The van der Waals surface area contributed by atoms with Crippen LogP contribution in [0.4, 0.5) is 0 Å². The number of benzene rings is 1. The molecule has 1 N–H and O–H groups in total.